The second-order valence-corrected chi connectivity index (χ2v) is 5.46. The van der Waals surface area contributed by atoms with Crippen LogP contribution in [0.3, 0.4) is 0 Å². The zero-order valence-electron chi connectivity index (χ0n) is 13.3. The Morgan fingerprint density at radius 3 is 2.76 bits per heavy atom. The molecule has 0 unspecified atom stereocenters. The number of fused-ring (bicyclic) bond motifs is 1. The molecule has 2 rings (SSSR count). The highest BCUT2D eigenvalue weighted by molar-refractivity contribution is 5.94. The van der Waals surface area contributed by atoms with E-state index in [1.807, 2.05) is 29.7 Å². The lowest BCUT2D eigenvalue weighted by atomic mass is 10.2. The van der Waals surface area contributed by atoms with Crippen LogP contribution in [0.15, 0.2) is 18.3 Å². The van der Waals surface area contributed by atoms with Crippen LogP contribution in [0.2, 0.25) is 0 Å². The summed E-state index contributed by atoms with van der Waals surface area (Å²) < 4.78 is 2.00. The standard InChI is InChI=1S/C17H25N3O/c1-4-6-7-8-11-18-17(21)14-9-10-16-19-15(5-2)13(3)20(16)12-14/h9-10,12H,4-8,11H2,1-3H3,(H,18,21). The zero-order valence-corrected chi connectivity index (χ0v) is 13.3. The molecule has 0 aromatic carbocycles. The molecule has 1 amide bonds. The van der Waals surface area contributed by atoms with Gasteiger partial charge in [0.2, 0.25) is 0 Å². The fraction of sp³-hybridized carbons (Fsp3) is 0.529. The van der Waals surface area contributed by atoms with Crippen LogP contribution >= 0.6 is 0 Å². The van der Waals surface area contributed by atoms with Crippen LogP contribution < -0.4 is 5.32 Å². The number of nitrogens with one attached hydrogen (secondary N) is 1. The van der Waals surface area contributed by atoms with E-state index in [9.17, 15) is 4.79 Å². The Morgan fingerprint density at radius 2 is 2.05 bits per heavy atom. The van der Waals surface area contributed by atoms with Crippen LogP contribution in [0.25, 0.3) is 5.65 Å². The fourth-order valence-corrected chi connectivity index (χ4v) is 2.54. The molecule has 0 aliphatic rings. The molecule has 0 aliphatic heterocycles. The van der Waals surface area contributed by atoms with E-state index in [4.69, 9.17) is 0 Å². The minimum absolute atomic E-state index is 0.000420. The molecular formula is C17H25N3O. The Hall–Kier alpha value is -1.84. The van der Waals surface area contributed by atoms with Crippen molar-refractivity contribution in [3.63, 3.8) is 0 Å². The predicted octanol–water partition coefficient (Wildman–Crippen LogP) is 3.52. The van der Waals surface area contributed by atoms with E-state index >= 15 is 0 Å². The highest BCUT2D eigenvalue weighted by atomic mass is 16.1. The van der Waals surface area contributed by atoms with Gasteiger partial charge < -0.3 is 9.72 Å². The summed E-state index contributed by atoms with van der Waals surface area (Å²) in [5.41, 5.74) is 3.81. The number of hydrogen-bond donors (Lipinski definition) is 1. The smallest absolute Gasteiger partial charge is 0.252 e. The molecule has 0 saturated heterocycles. The Kier molecular flexibility index (Phi) is 5.37. The second kappa shape index (κ2) is 7.25. The van der Waals surface area contributed by atoms with Gasteiger partial charge in [0.1, 0.15) is 5.65 Å². The Morgan fingerprint density at radius 1 is 1.24 bits per heavy atom. The van der Waals surface area contributed by atoms with Crippen molar-refractivity contribution in [1.29, 1.82) is 0 Å². The van der Waals surface area contributed by atoms with E-state index < -0.39 is 0 Å². The zero-order chi connectivity index (χ0) is 15.2. The first-order valence-electron chi connectivity index (χ1n) is 7.93. The van der Waals surface area contributed by atoms with E-state index in [1.54, 1.807) is 0 Å². The summed E-state index contributed by atoms with van der Waals surface area (Å²) in [7, 11) is 0. The van der Waals surface area contributed by atoms with Gasteiger partial charge in [-0.25, -0.2) is 4.98 Å². The summed E-state index contributed by atoms with van der Waals surface area (Å²) in [4.78, 5) is 16.7. The molecule has 0 saturated carbocycles. The molecule has 0 aliphatic carbocycles. The van der Waals surface area contributed by atoms with Crippen molar-refractivity contribution in [2.24, 2.45) is 0 Å². The molecule has 0 radical (unpaired) electrons. The molecule has 21 heavy (non-hydrogen) atoms. The second-order valence-electron chi connectivity index (χ2n) is 5.46. The van der Waals surface area contributed by atoms with Crippen LogP contribution in [0.5, 0.6) is 0 Å². The number of rotatable bonds is 7. The molecule has 4 heteroatoms. The highest BCUT2D eigenvalue weighted by Gasteiger charge is 2.10. The summed E-state index contributed by atoms with van der Waals surface area (Å²) in [6.45, 7) is 7.08. The minimum atomic E-state index is -0.000420. The van der Waals surface area contributed by atoms with Gasteiger partial charge in [-0.2, -0.15) is 0 Å². The molecule has 0 bridgehead atoms. The average Bonchev–Trinajstić information content (AvgIpc) is 2.82. The van der Waals surface area contributed by atoms with E-state index in [-0.39, 0.29) is 5.91 Å². The maximum atomic E-state index is 12.2. The molecular weight excluding hydrogens is 262 g/mol. The Bertz CT molecular complexity index is 616. The van der Waals surface area contributed by atoms with Crippen LogP contribution in [0.4, 0.5) is 0 Å². The van der Waals surface area contributed by atoms with E-state index in [0.717, 1.165) is 36.4 Å². The van der Waals surface area contributed by atoms with Crippen molar-refractivity contribution < 1.29 is 4.79 Å². The lowest BCUT2D eigenvalue weighted by Gasteiger charge is -2.06. The van der Waals surface area contributed by atoms with Gasteiger partial charge in [-0.05, 0) is 31.9 Å². The van der Waals surface area contributed by atoms with Crippen molar-refractivity contribution in [3.05, 3.63) is 35.3 Å². The van der Waals surface area contributed by atoms with Crippen molar-refractivity contribution in [1.82, 2.24) is 14.7 Å². The van der Waals surface area contributed by atoms with E-state index in [2.05, 4.69) is 24.1 Å². The van der Waals surface area contributed by atoms with Crippen molar-refractivity contribution in [2.75, 3.05) is 6.54 Å². The minimum Gasteiger partial charge on any atom is -0.352 e. The number of unbranched alkanes of at least 4 members (excludes halogenated alkanes) is 3. The summed E-state index contributed by atoms with van der Waals surface area (Å²) in [6, 6.07) is 3.76. The number of aromatic nitrogens is 2. The molecule has 0 spiro atoms. The third kappa shape index (κ3) is 3.63. The average molecular weight is 287 g/mol. The molecule has 2 aromatic heterocycles. The molecule has 4 nitrogen and oxygen atoms in total. The fourth-order valence-electron chi connectivity index (χ4n) is 2.54. The molecule has 2 heterocycles. The van der Waals surface area contributed by atoms with Gasteiger partial charge in [0.05, 0.1) is 11.3 Å². The van der Waals surface area contributed by atoms with Crippen LogP contribution in [0.1, 0.15) is 61.3 Å². The third-order valence-corrected chi connectivity index (χ3v) is 3.87. The molecule has 114 valence electrons. The summed E-state index contributed by atoms with van der Waals surface area (Å²) in [5.74, 6) is -0.000420. The van der Waals surface area contributed by atoms with Gasteiger partial charge in [0.15, 0.2) is 0 Å². The number of nitrogens with zero attached hydrogens (tertiary/aromatic N) is 2. The topological polar surface area (TPSA) is 46.4 Å². The number of pyridine rings is 1. The van der Waals surface area contributed by atoms with Crippen molar-refractivity contribution >= 4 is 11.6 Å². The number of hydrogen-bond acceptors (Lipinski definition) is 2. The maximum absolute atomic E-state index is 12.2. The van der Waals surface area contributed by atoms with Crippen molar-refractivity contribution in [3.8, 4) is 0 Å². The van der Waals surface area contributed by atoms with Gasteiger partial charge in [-0.15, -0.1) is 0 Å². The molecule has 0 fully saturated rings. The van der Waals surface area contributed by atoms with E-state index in [1.165, 1.54) is 19.3 Å². The summed E-state index contributed by atoms with van der Waals surface area (Å²) in [5, 5.41) is 2.99. The third-order valence-electron chi connectivity index (χ3n) is 3.87. The maximum Gasteiger partial charge on any atom is 0.252 e. The quantitative estimate of drug-likeness (QED) is 0.792. The van der Waals surface area contributed by atoms with Crippen LogP contribution in [0, 0.1) is 6.92 Å². The van der Waals surface area contributed by atoms with Gasteiger partial charge in [0.25, 0.3) is 5.91 Å². The normalized spacial score (nSPS) is 11.0. The Labute approximate surface area is 126 Å². The number of carbonyl (C=O) groups excluding carboxylic acids is 1. The predicted molar refractivity (Wildman–Crippen MR) is 85.8 cm³/mol. The first kappa shape index (κ1) is 15.5. The van der Waals surface area contributed by atoms with Gasteiger partial charge in [0, 0.05) is 18.4 Å². The first-order chi connectivity index (χ1) is 10.2. The largest absolute Gasteiger partial charge is 0.352 e. The molecule has 0 atom stereocenters. The summed E-state index contributed by atoms with van der Waals surface area (Å²) >= 11 is 0. The number of imidazole rings is 1. The van der Waals surface area contributed by atoms with Gasteiger partial charge in [-0.3, -0.25) is 4.79 Å². The molecule has 1 N–H and O–H groups in total. The van der Waals surface area contributed by atoms with Gasteiger partial charge in [-0.1, -0.05) is 33.1 Å². The van der Waals surface area contributed by atoms with Gasteiger partial charge >= 0.3 is 0 Å². The Balaban J connectivity index is 2.04. The van der Waals surface area contributed by atoms with Crippen LogP contribution in [-0.2, 0) is 6.42 Å². The lowest BCUT2D eigenvalue weighted by molar-refractivity contribution is 0.0952. The summed E-state index contributed by atoms with van der Waals surface area (Å²) in [6.07, 6.45) is 7.47. The first-order valence-corrected chi connectivity index (χ1v) is 7.93. The molecule has 2 aromatic rings. The van der Waals surface area contributed by atoms with E-state index in [0.29, 0.717) is 5.56 Å². The monoisotopic (exact) mass is 287 g/mol. The highest BCUT2D eigenvalue weighted by Crippen LogP contribution is 2.13. The van der Waals surface area contributed by atoms with Crippen molar-refractivity contribution in [2.45, 2.75) is 52.9 Å². The number of amides is 1. The lowest BCUT2D eigenvalue weighted by Crippen LogP contribution is -2.24. The number of carbonyl (C=O) groups is 1. The van der Waals surface area contributed by atoms with Crippen LogP contribution in [-0.4, -0.2) is 21.8 Å². The number of aryl methyl sites for hydroxylation is 2. The SMILES string of the molecule is CCCCCCNC(=O)c1ccc2nc(CC)c(C)n2c1.